The van der Waals surface area contributed by atoms with Crippen LogP contribution in [-0.4, -0.2) is 48.7 Å². The predicted octanol–water partition coefficient (Wildman–Crippen LogP) is 1.88. The van der Waals surface area contributed by atoms with Crippen molar-refractivity contribution < 1.29 is 9.90 Å². The Labute approximate surface area is 156 Å². The number of hydrogen-bond acceptors (Lipinski definition) is 5. The standard InChI is InChI=1S/C19H20N6O2/c1-23-8-15(6-21-23)18-16(19(26)27)11-25(22-18)7-12-2-3-17(20-5-12)24-9-13-4-14(13)10-24/h2-3,5-6,8,11,13-14H,4,7,9-10H2,1H3,(H,26,27). The molecule has 0 bridgehead atoms. The van der Waals surface area contributed by atoms with E-state index in [9.17, 15) is 9.90 Å². The van der Waals surface area contributed by atoms with E-state index in [2.05, 4.69) is 20.1 Å². The van der Waals surface area contributed by atoms with Gasteiger partial charge >= 0.3 is 5.97 Å². The summed E-state index contributed by atoms with van der Waals surface area (Å²) in [6.45, 7) is 2.71. The molecule has 4 heterocycles. The van der Waals surface area contributed by atoms with Crippen LogP contribution in [0.1, 0.15) is 22.3 Å². The van der Waals surface area contributed by atoms with Gasteiger partial charge in [-0.2, -0.15) is 10.2 Å². The molecule has 2 fully saturated rings. The fourth-order valence-corrected chi connectivity index (χ4v) is 3.89. The van der Waals surface area contributed by atoms with Crippen LogP contribution in [-0.2, 0) is 13.6 Å². The molecule has 3 aromatic rings. The number of pyridine rings is 1. The molecular weight excluding hydrogens is 344 g/mol. The van der Waals surface area contributed by atoms with Gasteiger partial charge in [0.05, 0.1) is 12.7 Å². The molecule has 2 atom stereocenters. The van der Waals surface area contributed by atoms with E-state index in [1.807, 2.05) is 18.3 Å². The Kier molecular flexibility index (Phi) is 3.53. The number of carbonyl (C=O) groups is 1. The Morgan fingerprint density at radius 3 is 2.67 bits per heavy atom. The summed E-state index contributed by atoms with van der Waals surface area (Å²) in [6, 6.07) is 4.09. The average molecular weight is 364 g/mol. The molecule has 5 rings (SSSR count). The van der Waals surface area contributed by atoms with Crippen LogP contribution in [0.2, 0.25) is 0 Å². The van der Waals surface area contributed by atoms with E-state index in [1.165, 1.54) is 6.42 Å². The first-order valence-electron chi connectivity index (χ1n) is 9.06. The summed E-state index contributed by atoms with van der Waals surface area (Å²) in [7, 11) is 1.79. The fraction of sp³-hybridized carbons (Fsp3) is 0.368. The van der Waals surface area contributed by atoms with Gasteiger partial charge in [0, 0.05) is 44.3 Å². The molecular formula is C19H20N6O2. The molecule has 1 N–H and O–H groups in total. The minimum atomic E-state index is -0.999. The van der Waals surface area contributed by atoms with Gasteiger partial charge in [-0.3, -0.25) is 9.36 Å². The Hall–Kier alpha value is -3.16. The maximum absolute atomic E-state index is 11.6. The zero-order valence-electron chi connectivity index (χ0n) is 15.0. The number of aromatic nitrogens is 5. The van der Waals surface area contributed by atoms with Crippen LogP contribution in [0.4, 0.5) is 5.82 Å². The Bertz CT molecular complexity index is 996. The molecule has 1 saturated heterocycles. The van der Waals surface area contributed by atoms with Crippen LogP contribution in [0.5, 0.6) is 0 Å². The van der Waals surface area contributed by atoms with E-state index >= 15 is 0 Å². The van der Waals surface area contributed by atoms with Gasteiger partial charge in [0.15, 0.2) is 0 Å². The SMILES string of the molecule is Cn1cc(-c2nn(Cc3ccc(N4CC5CC5C4)nc3)cc2C(=O)O)cn1. The molecule has 3 aromatic heterocycles. The molecule has 138 valence electrons. The van der Waals surface area contributed by atoms with Gasteiger partial charge in [-0.1, -0.05) is 6.07 Å². The normalized spacial score (nSPS) is 20.7. The highest BCUT2D eigenvalue weighted by Gasteiger charge is 2.45. The predicted molar refractivity (Wildman–Crippen MR) is 98.5 cm³/mol. The fourth-order valence-electron chi connectivity index (χ4n) is 3.89. The van der Waals surface area contributed by atoms with Gasteiger partial charge in [-0.25, -0.2) is 9.78 Å². The van der Waals surface area contributed by atoms with Crippen LogP contribution in [0.25, 0.3) is 11.3 Å². The highest BCUT2D eigenvalue weighted by atomic mass is 16.4. The summed E-state index contributed by atoms with van der Waals surface area (Å²) in [6.07, 6.45) is 8.17. The van der Waals surface area contributed by atoms with Crippen molar-refractivity contribution in [2.24, 2.45) is 18.9 Å². The summed E-state index contributed by atoms with van der Waals surface area (Å²) >= 11 is 0. The van der Waals surface area contributed by atoms with Gasteiger partial charge in [-0.05, 0) is 29.9 Å². The zero-order chi connectivity index (χ0) is 18.5. The van der Waals surface area contributed by atoms with Crippen LogP contribution in [0.15, 0.2) is 36.9 Å². The van der Waals surface area contributed by atoms with E-state index in [1.54, 1.807) is 35.0 Å². The Morgan fingerprint density at radius 1 is 1.22 bits per heavy atom. The lowest BCUT2D eigenvalue weighted by Crippen LogP contribution is -2.22. The summed E-state index contributed by atoms with van der Waals surface area (Å²) in [5, 5.41) is 18.1. The molecule has 1 aliphatic heterocycles. The minimum absolute atomic E-state index is 0.170. The molecule has 0 aromatic carbocycles. The molecule has 8 nitrogen and oxygen atoms in total. The Balaban J connectivity index is 1.36. The van der Waals surface area contributed by atoms with Gasteiger partial charge in [0.25, 0.3) is 0 Å². The van der Waals surface area contributed by atoms with Gasteiger partial charge < -0.3 is 10.0 Å². The monoisotopic (exact) mass is 364 g/mol. The second-order valence-corrected chi connectivity index (χ2v) is 7.48. The number of hydrogen-bond donors (Lipinski definition) is 1. The lowest BCUT2D eigenvalue weighted by molar-refractivity contribution is 0.0697. The first-order chi connectivity index (χ1) is 13.1. The number of fused-ring (bicyclic) bond motifs is 1. The van der Waals surface area contributed by atoms with Crippen molar-refractivity contribution in [2.75, 3.05) is 18.0 Å². The molecule has 0 spiro atoms. The van der Waals surface area contributed by atoms with Gasteiger partial charge in [-0.15, -0.1) is 0 Å². The highest BCUT2D eigenvalue weighted by molar-refractivity contribution is 5.94. The summed E-state index contributed by atoms with van der Waals surface area (Å²) < 4.78 is 3.28. The van der Waals surface area contributed by atoms with Crippen LogP contribution >= 0.6 is 0 Å². The molecule has 0 radical (unpaired) electrons. The molecule has 2 aliphatic rings. The number of aromatic carboxylic acids is 1. The quantitative estimate of drug-likeness (QED) is 0.744. The molecule has 2 unspecified atom stereocenters. The summed E-state index contributed by atoms with van der Waals surface area (Å²) in [5.41, 5.74) is 2.27. The lowest BCUT2D eigenvalue weighted by atomic mass is 10.1. The second kappa shape index (κ2) is 5.94. The van der Waals surface area contributed by atoms with Crippen molar-refractivity contribution >= 4 is 11.8 Å². The van der Waals surface area contributed by atoms with Crippen molar-refractivity contribution in [1.29, 1.82) is 0 Å². The van der Waals surface area contributed by atoms with Crippen LogP contribution in [0, 0.1) is 11.8 Å². The topological polar surface area (TPSA) is 89.1 Å². The zero-order valence-corrected chi connectivity index (χ0v) is 15.0. The number of aryl methyl sites for hydroxylation is 1. The smallest absolute Gasteiger partial charge is 0.339 e. The van der Waals surface area contributed by atoms with E-state index < -0.39 is 5.97 Å². The van der Waals surface area contributed by atoms with Crippen molar-refractivity contribution in [1.82, 2.24) is 24.5 Å². The van der Waals surface area contributed by atoms with Crippen molar-refractivity contribution in [2.45, 2.75) is 13.0 Å². The molecule has 1 aliphatic carbocycles. The number of nitrogens with zero attached hydrogens (tertiary/aromatic N) is 6. The molecule has 1 saturated carbocycles. The average Bonchev–Trinajstić information content (AvgIpc) is 3.04. The van der Waals surface area contributed by atoms with Crippen molar-refractivity contribution in [3.63, 3.8) is 0 Å². The third-order valence-corrected chi connectivity index (χ3v) is 5.43. The van der Waals surface area contributed by atoms with Crippen LogP contribution in [0.3, 0.4) is 0 Å². The van der Waals surface area contributed by atoms with E-state index in [-0.39, 0.29) is 5.56 Å². The van der Waals surface area contributed by atoms with E-state index in [4.69, 9.17) is 0 Å². The number of piperidine rings is 1. The van der Waals surface area contributed by atoms with Crippen molar-refractivity contribution in [3.8, 4) is 11.3 Å². The largest absolute Gasteiger partial charge is 0.478 e. The number of rotatable bonds is 5. The first-order valence-corrected chi connectivity index (χ1v) is 9.06. The highest BCUT2D eigenvalue weighted by Crippen LogP contribution is 2.45. The second-order valence-electron chi connectivity index (χ2n) is 7.48. The third kappa shape index (κ3) is 2.97. The third-order valence-electron chi connectivity index (χ3n) is 5.43. The minimum Gasteiger partial charge on any atom is -0.478 e. The molecule has 8 heteroatoms. The van der Waals surface area contributed by atoms with Crippen molar-refractivity contribution in [3.05, 3.63) is 48.0 Å². The maximum Gasteiger partial charge on any atom is 0.339 e. The van der Waals surface area contributed by atoms with Gasteiger partial charge in [0.2, 0.25) is 0 Å². The number of anilines is 1. The maximum atomic E-state index is 11.6. The first kappa shape index (κ1) is 16.0. The summed E-state index contributed by atoms with van der Waals surface area (Å²) in [5.74, 6) is 1.77. The van der Waals surface area contributed by atoms with E-state index in [0.29, 0.717) is 17.8 Å². The Morgan fingerprint density at radius 2 is 2.04 bits per heavy atom. The number of carboxylic acid groups (broad SMARTS) is 1. The summed E-state index contributed by atoms with van der Waals surface area (Å²) in [4.78, 5) is 18.5. The van der Waals surface area contributed by atoms with Gasteiger partial charge in [0.1, 0.15) is 17.1 Å². The van der Waals surface area contributed by atoms with Crippen LogP contribution < -0.4 is 4.90 Å². The molecule has 0 amide bonds. The number of carboxylic acids is 1. The lowest BCUT2D eigenvalue weighted by Gasteiger charge is -2.18. The van der Waals surface area contributed by atoms with E-state index in [0.717, 1.165) is 36.3 Å². The molecule has 27 heavy (non-hydrogen) atoms.